The van der Waals surface area contributed by atoms with E-state index >= 15 is 0 Å². The van der Waals surface area contributed by atoms with Crippen molar-refractivity contribution in [2.45, 2.75) is 65.0 Å². The topological polar surface area (TPSA) is 45.7 Å². The fourth-order valence-corrected chi connectivity index (χ4v) is 3.16. The van der Waals surface area contributed by atoms with Crippen molar-refractivity contribution in [2.75, 3.05) is 5.32 Å². The van der Waals surface area contributed by atoms with Gasteiger partial charge in [-0.05, 0) is 44.2 Å². The van der Waals surface area contributed by atoms with Crippen LogP contribution in [0.2, 0.25) is 0 Å². The molecule has 2 rings (SSSR count). The van der Waals surface area contributed by atoms with Gasteiger partial charge in [0, 0.05) is 11.6 Å². The molecule has 21 heavy (non-hydrogen) atoms. The summed E-state index contributed by atoms with van der Waals surface area (Å²) in [4.78, 5) is 12.6. The van der Waals surface area contributed by atoms with Gasteiger partial charge in [-0.3, -0.25) is 4.79 Å². The Balaban J connectivity index is 2.00. The molecule has 0 spiro atoms. The normalized spacial score (nSPS) is 17.7. The van der Waals surface area contributed by atoms with Crippen LogP contribution in [-0.4, -0.2) is 18.0 Å². The van der Waals surface area contributed by atoms with E-state index in [9.17, 15) is 4.79 Å². The van der Waals surface area contributed by atoms with Crippen LogP contribution in [0.3, 0.4) is 0 Å². The van der Waals surface area contributed by atoms with Gasteiger partial charge in [0.05, 0.1) is 6.04 Å². The number of quaternary nitrogens is 1. The molecule has 1 atom stereocenters. The number of amides is 1. The monoisotopic (exact) mass is 289 g/mol. The minimum Gasteiger partial charge on any atom is -0.333 e. The number of nitrogens with one attached hydrogen (secondary N) is 1. The molecule has 0 saturated heterocycles. The number of benzene rings is 1. The third-order valence-electron chi connectivity index (χ3n) is 4.55. The zero-order chi connectivity index (χ0) is 15.2. The van der Waals surface area contributed by atoms with Crippen molar-refractivity contribution in [1.82, 2.24) is 0 Å². The van der Waals surface area contributed by atoms with Crippen LogP contribution in [0.15, 0.2) is 24.3 Å². The fraction of sp³-hybridized carbons (Fsp3) is 0.611. The predicted molar refractivity (Wildman–Crippen MR) is 87.2 cm³/mol. The highest BCUT2D eigenvalue weighted by molar-refractivity contribution is 5.94. The number of aryl methyl sites for hydroxylation is 1. The molecule has 1 saturated carbocycles. The van der Waals surface area contributed by atoms with Crippen molar-refractivity contribution in [3.05, 3.63) is 29.8 Å². The van der Waals surface area contributed by atoms with Crippen molar-refractivity contribution in [1.29, 1.82) is 0 Å². The van der Waals surface area contributed by atoms with E-state index < -0.39 is 0 Å². The van der Waals surface area contributed by atoms with Crippen molar-refractivity contribution < 1.29 is 10.1 Å². The highest BCUT2D eigenvalue weighted by Crippen LogP contribution is 2.16. The van der Waals surface area contributed by atoms with Gasteiger partial charge in [0.25, 0.3) is 5.91 Å². The Labute approximate surface area is 128 Å². The molecule has 0 bridgehead atoms. The minimum atomic E-state index is 0.00714. The van der Waals surface area contributed by atoms with E-state index in [1.807, 2.05) is 31.2 Å². The molecule has 3 N–H and O–H groups in total. The molecule has 1 fully saturated rings. The lowest BCUT2D eigenvalue weighted by Gasteiger charge is -2.27. The van der Waals surface area contributed by atoms with Gasteiger partial charge in [0.2, 0.25) is 0 Å². The zero-order valence-electron chi connectivity index (χ0n) is 13.6. The van der Waals surface area contributed by atoms with E-state index in [4.69, 9.17) is 0 Å². The van der Waals surface area contributed by atoms with Crippen LogP contribution in [0.5, 0.6) is 0 Å². The molecule has 0 radical (unpaired) electrons. The first kappa shape index (κ1) is 16.0. The van der Waals surface area contributed by atoms with Gasteiger partial charge < -0.3 is 10.6 Å². The summed E-state index contributed by atoms with van der Waals surface area (Å²) in [5.41, 5.74) is 2.05. The second-order valence-corrected chi connectivity index (χ2v) is 6.66. The van der Waals surface area contributed by atoms with Gasteiger partial charge in [0.15, 0.2) is 6.04 Å². The lowest BCUT2D eigenvalue weighted by molar-refractivity contribution is -0.716. The van der Waals surface area contributed by atoms with E-state index in [0.717, 1.165) is 11.3 Å². The molecule has 0 aliphatic heterocycles. The lowest BCUT2D eigenvalue weighted by Crippen LogP contribution is -2.98. The molecule has 116 valence electrons. The largest absolute Gasteiger partial charge is 0.333 e. The van der Waals surface area contributed by atoms with Gasteiger partial charge in [-0.1, -0.05) is 38.5 Å². The second-order valence-electron chi connectivity index (χ2n) is 6.66. The van der Waals surface area contributed by atoms with Crippen molar-refractivity contribution in [3.8, 4) is 0 Å². The molecule has 3 heteroatoms. The summed E-state index contributed by atoms with van der Waals surface area (Å²) < 4.78 is 0. The summed E-state index contributed by atoms with van der Waals surface area (Å²) in [5, 5.41) is 5.43. The molecule has 3 nitrogen and oxygen atoms in total. The molecular formula is C18H29N2O+. The van der Waals surface area contributed by atoms with Crippen LogP contribution in [0.4, 0.5) is 5.69 Å². The van der Waals surface area contributed by atoms with Crippen LogP contribution >= 0.6 is 0 Å². The van der Waals surface area contributed by atoms with Crippen molar-refractivity contribution in [3.63, 3.8) is 0 Å². The summed E-state index contributed by atoms with van der Waals surface area (Å²) in [6.45, 7) is 6.31. The predicted octanol–water partition coefficient (Wildman–Crippen LogP) is 2.85. The first-order valence-electron chi connectivity index (χ1n) is 8.29. The van der Waals surface area contributed by atoms with E-state index in [1.54, 1.807) is 0 Å². The smallest absolute Gasteiger partial charge is 0.282 e. The molecule has 1 aromatic carbocycles. The number of rotatable bonds is 5. The molecule has 1 aliphatic rings. The summed E-state index contributed by atoms with van der Waals surface area (Å²) in [7, 11) is 0. The van der Waals surface area contributed by atoms with E-state index in [0.29, 0.717) is 12.0 Å². The average molecular weight is 289 g/mol. The number of carbonyl (C=O) groups is 1. The molecule has 0 unspecified atom stereocenters. The SMILES string of the molecule is Cc1ccccc1NC(=O)[C@H]([NH2+]C1CCCCC1)C(C)C. The lowest BCUT2D eigenvalue weighted by atomic mass is 9.93. The Morgan fingerprint density at radius 3 is 2.48 bits per heavy atom. The third-order valence-corrected chi connectivity index (χ3v) is 4.55. The highest BCUT2D eigenvalue weighted by atomic mass is 16.2. The average Bonchev–Trinajstić information content (AvgIpc) is 2.48. The second kappa shape index (κ2) is 7.60. The van der Waals surface area contributed by atoms with Crippen molar-refractivity contribution >= 4 is 11.6 Å². The highest BCUT2D eigenvalue weighted by Gasteiger charge is 2.30. The van der Waals surface area contributed by atoms with Gasteiger partial charge in [0.1, 0.15) is 0 Å². The van der Waals surface area contributed by atoms with Crippen LogP contribution in [-0.2, 0) is 4.79 Å². The maximum absolute atomic E-state index is 12.6. The number of carbonyl (C=O) groups excluding carboxylic acids is 1. The quantitative estimate of drug-likeness (QED) is 0.860. The Morgan fingerprint density at radius 1 is 1.19 bits per heavy atom. The molecule has 1 amide bonds. The molecule has 1 aliphatic carbocycles. The standard InChI is InChI=1S/C18H28N2O/c1-13(2)17(19-15-10-5-4-6-11-15)18(21)20-16-12-8-7-9-14(16)3/h7-9,12-13,15,17,19H,4-6,10-11H2,1-3H3,(H,20,21)/p+1/t17-/m1/s1. The summed E-state index contributed by atoms with van der Waals surface area (Å²) in [6, 6.07) is 8.61. The van der Waals surface area contributed by atoms with Gasteiger partial charge >= 0.3 is 0 Å². The van der Waals surface area contributed by atoms with Crippen LogP contribution in [0.25, 0.3) is 0 Å². The summed E-state index contributed by atoms with van der Waals surface area (Å²) >= 11 is 0. The minimum absolute atomic E-state index is 0.00714. The van der Waals surface area contributed by atoms with Crippen LogP contribution < -0.4 is 10.6 Å². The van der Waals surface area contributed by atoms with Gasteiger partial charge in [-0.25, -0.2) is 0 Å². The van der Waals surface area contributed by atoms with E-state index in [2.05, 4.69) is 24.5 Å². The number of nitrogens with two attached hydrogens (primary N) is 1. The Morgan fingerprint density at radius 2 is 1.86 bits per heavy atom. The number of para-hydroxylation sites is 1. The number of hydrogen-bond donors (Lipinski definition) is 2. The molecule has 1 aromatic rings. The Hall–Kier alpha value is -1.35. The van der Waals surface area contributed by atoms with E-state index in [-0.39, 0.29) is 11.9 Å². The first-order valence-corrected chi connectivity index (χ1v) is 8.29. The third kappa shape index (κ3) is 4.57. The van der Waals surface area contributed by atoms with Crippen LogP contribution in [0.1, 0.15) is 51.5 Å². The van der Waals surface area contributed by atoms with Gasteiger partial charge in [-0.15, -0.1) is 0 Å². The van der Waals surface area contributed by atoms with Crippen molar-refractivity contribution in [2.24, 2.45) is 5.92 Å². The molecule has 0 aromatic heterocycles. The number of anilines is 1. The molecule has 0 heterocycles. The first-order chi connectivity index (χ1) is 10.1. The fourth-order valence-electron chi connectivity index (χ4n) is 3.16. The van der Waals surface area contributed by atoms with Gasteiger partial charge in [-0.2, -0.15) is 0 Å². The summed E-state index contributed by atoms with van der Waals surface area (Å²) in [5.74, 6) is 0.487. The number of hydrogen-bond acceptors (Lipinski definition) is 1. The maximum Gasteiger partial charge on any atom is 0.282 e. The molecular weight excluding hydrogens is 260 g/mol. The Kier molecular flexibility index (Phi) is 5.80. The summed E-state index contributed by atoms with van der Waals surface area (Å²) in [6.07, 6.45) is 6.48. The Bertz CT molecular complexity index is 464. The zero-order valence-corrected chi connectivity index (χ0v) is 13.6. The van der Waals surface area contributed by atoms with Crippen LogP contribution in [0, 0.1) is 12.8 Å². The van der Waals surface area contributed by atoms with E-state index in [1.165, 1.54) is 32.1 Å². The maximum atomic E-state index is 12.6.